The SMILES string of the molecule is FC(F)[C@H]1COCN1. The van der Waals surface area contributed by atoms with E-state index in [1.165, 1.54) is 0 Å². The summed E-state index contributed by atoms with van der Waals surface area (Å²) in [4.78, 5) is 0. The van der Waals surface area contributed by atoms with Crippen LogP contribution in [-0.4, -0.2) is 25.8 Å². The Morgan fingerprint density at radius 2 is 2.38 bits per heavy atom. The van der Waals surface area contributed by atoms with Crippen molar-refractivity contribution < 1.29 is 13.5 Å². The molecule has 8 heavy (non-hydrogen) atoms. The molecule has 0 radical (unpaired) electrons. The van der Waals surface area contributed by atoms with Crippen molar-refractivity contribution >= 4 is 0 Å². The third-order valence-corrected chi connectivity index (χ3v) is 1.05. The number of halogens is 2. The normalized spacial score (nSPS) is 29.6. The van der Waals surface area contributed by atoms with Gasteiger partial charge in [0.25, 0.3) is 6.43 Å². The predicted molar refractivity (Wildman–Crippen MR) is 23.7 cm³/mol. The van der Waals surface area contributed by atoms with Crippen LogP contribution in [0.1, 0.15) is 0 Å². The largest absolute Gasteiger partial charge is 0.364 e. The average Bonchev–Trinajstić information content (AvgIpc) is 2.12. The summed E-state index contributed by atoms with van der Waals surface area (Å²) in [6.45, 7) is 0.396. The quantitative estimate of drug-likeness (QED) is 0.537. The molecule has 2 nitrogen and oxygen atoms in total. The number of hydrogen-bond acceptors (Lipinski definition) is 2. The van der Waals surface area contributed by atoms with Gasteiger partial charge < -0.3 is 4.74 Å². The van der Waals surface area contributed by atoms with Crippen molar-refractivity contribution in [1.29, 1.82) is 0 Å². The lowest BCUT2D eigenvalue weighted by atomic mass is 10.3. The Kier molecular flexibility index (Phi) is 1.75. The van der Waals surface area contributed by atoms with E-state index in [-0.39, 0.29) is 13.3 Å². The minimum absolute atomic E-state index is 0.137. The molecule has 0 amide bonds. The first kappa shape index (κ1) is 5.91. The standard InChI is InChI=1S/C4H7F2NO/c5-4(6)3-1-8-2-7-3/h3-4,7H,1-2H2/t3-/m1/s1. The van der Waals surface area contributed by atoms with Gasteiger partial charge >= 0.3 is 0 Å². The fourth-order valence-corrected chi connectivity index (χ4v) is 0.573. The van der Waals surface area contributed by atoms with Crippen molar-refractivity contribution in [3.05, 3.63) is 0 Å². The molecule has 0 aromatic carbocycles. The summed E-state index contributed by atoms with van der Waals surface area (Å²) in [6.07, 6.45) is -2.29. The number of nitrogens with one attached hydrogen (secondary N) is 1. The molecule has 48 valence electrons. The van der Waals surface area contributed by atoms with Crippen LogP contribution in [0.15, 0.2) is 0 Å². The number of rotatable bonds is 1. The van der Waals surface area contributed by atoms with E-state index in [2.05, 4.69) is 10.1 Å². The highest BCUT2D eigenvalue weighted by Gasteiger charge is 2.23. The Balaban J connectivity index is 2.24. The first-order valence-corrected chi connectivity index (χ1v) is 2.40. The minimum atomic E-state index is -2.29. The second kappa shape index (κ2) is 2.37. The van der Waals surface area contributed by atoms with Crippen LogP contribution in [0.4, 0.5) is 8.78 Å². The molecule has 1 atom stereocenters. The van der Waals surface area contributed by atoms with Crippen LogP contribution in [0.5, 0.6) is 0 Å². The monoisotopic (exact) mass is 123 g/mol. The van der Waals surface area contributed by atoms with Gasteiger partial charge in [0.1, 0.15) is 0 Å². The Morgan fingerprint density at radius 1 is 1.62 bits per heavy atom. The third kappa shape index (κ3) is 1.14. The Morgan fingerprint density at radius 3 is 2.62 bits per heavy atom. The lowest BCUT2D eigenvalue weighted by Crippen LogP contribution is -2.31. The van der Waals surface area contributed by atoms with Crippen LogP contribution in [-0.2, 0) is 4.74 Å². The third-order valence-electron chi connectivity index (χ3n) is 1.05. The maximum absolute atomic E-state index is 11.6. The van der Waals surface area contributed by atoms with Gasteiger partial charge in [-0.1, -0.05) is 0 Å². The van der Waals surface area contributed by atoms with Gasteiger partial charge in [-0.15, -0.1) is 0 Å². The molecule has 1 aliphatic rings. The van der Waals surface area contributed by atoms with Crippen LogP contribution in [0, 0.1) is 0 Å². The van der Waals surface area contributed by atoms with Gasteiger partial charge in [-0.3, -0.25) is 5.32 Å². The lowest BCUT2D eigenvalue weighted by Gasteiger charge is -2.03. The highest BCUT2D eigenvalue weighted by molar-refractivity contribution is 4.70. The molecule has 1 N–H and O–H groups in total. The van der Waals surface area contributed by atoms with Crippen LogP contribution in [0.3, 0.4) is 0 Å². The number of alkyl halides is 2. The van der Waals surface area contributed by atoms with E-state index in [9.17, 15) is 8.78 Å². The summed E-state index contributed by atoms with van der Waals surface area (Å²) in [5.41, 5.74) is 0. The van der Waals surface area contributed by atoms with Gasteiger partial charge in [0.05, 0.1) is 19.4 Å². The topological polar surface area (TPSA) is 21.3 Å². The van der Waals surface area contributed by atoms with Crippen molar-refractivity contribution in [2.75, 3.05) is 13.3 Å². The van der Waals surface area contributed by atoms with Crippen molar-refractivity contribution in [2.24, 2.45) is 0 Å². The molecule has 0 bridgehead atoms. The van der Waals surface area contributed by atoms with Gasteiger partial charge in [0.15, 0.2) is 0 Å². The smallest absolute Gasteiger partial charge is 0.256 e. The molecule has 1 fully saturated rings. The molecule has 0 aromatic heterocycles. The van der Waals surface area contributed by atoms with Crippen molar-refractivity contribution in [2.45, 2.75) is 12.5 Å². The van der Waals surface area contributed by atoms with E-state index in [0.717, 1.165) is 0 Å². The highest BCUT2D eigenvalue weighted by Crippen LogP contribution is 2.04. The van der Waals surface area contributed by atoms with E-state index in [1.807, 2.05) is 0 Å². The van der Waals surface area contributed by atoms with Crippen LogP contribution in [0.2, 0.25) is 0 Å². The number of hydrogen-bond donors (Lipinski definition) is 1. The van der Waals surface area contributed by atoms with Crippen LogP contribution in [0.25, 0.3) is 0 Å². The fraction of sp³-hybridized carbons (Fsp3) is 1.00. The first-order valence-electron chi connectivity index (χ1n) is 2.40. The van der Waals surface area contributed by atoms with Crippen LogP contribution < -0.4 is 5.32 Å². The zero-order valence-electron chi connectivity index (χ0n) is 4.23. The van der Waals surface area contributed by atoms with Crippen molar-refractivity contribution in [3.8, 4) is 0 Å². The predicted octanol–water partition coefficient (Wildman–Crippen LogP) is 0.197. The summed E-state index contributed by atoms with van der Waals surface area (Å²) in [5.74, 6) is 0. The highest BCUT2D eigenvalue weighted by atomic mass is 19.3. The second-order valence-electron chi connectivity index (χ2n) is 1.66. The summed E-state index contributed by atoms with van der Waals surface area (Å²) < 4.78 is 27.8. The second-order valence-corrected chi connectivity index (χ2v) is 1.66. The molecule has 1 aliphatic heterocycles. The maximum Gasteiger partial charge on any atom is 0.256 e. The molecule has 0 spiro atoms. The summed E-state index contributed by atoms with van der Waals surface area (Å²) >= 11 is 0. The minimum Gasteiger partial charge on any atom is -0.364 e. The molecular formula is C4H7F2NO. The van der Waals surface area contributed by atoms with Gasteiger partial charge in [-0.05, 0) is 0 Å². The Labute approximate surface area is 45.8 Å². The summed E-state index contributed by atoms with van der Waals surface area (Å²) in [6, 6.07) is -0.741. The molecular weight excluding hydrogens is 116 g/mol. The molecule has 0 aromatic rings. The first-order chi connectivity index (χ1) is 3.80. The van der Waals surface area contributed by atoms with E-state index in [0.29, 0.717) is 0 Å². The van der Waals surface area contributed by atoms with Gasteiger partial charge in [-0.2, -0.15) is 0 Å². The van der Waals surface area contributed by atoms with E-state index >= 15 is 0 Å². The zero-order chi connectivity index (χ0) is 5.98. The molecule has 4 heteroatoms. The van der Waals surface area contributed by atoms with Crippen LogP contribution >= 0.6 is 0 Å². The molecule has 1 heterocycles. The Bertz CT molecular complexity index is 72.4. The Hall–Kier alpha value is -0.220. The maximum atomic E-state index is 11.6. The van der Waals surface area contributed by atoms with E-state index in [1.54, 1.807) is 0 Å². The fourth-order valence-electron chi connectivity index (χ4n) is 0.573. The average molecular weight is 123 g/mol. The molecule has 1 saturated heterocycles. The molecule has 1 rings (SSSR count). The number of ether oxygens (including phenoxy) is 1. The molecule has 0 aliphatic carbocycles. The van der Waals surface area contributed by atoms with E-state index < -0.39 is 12.5 Å². The van der Waals surface area contributed by atoms with Gasteiger partial charge in [-0.25, -0.2) is 8.78 Å². The van der Waals surface area contributed by atoms with Gasteiger partial charge in [0, 0.05) is 0 Å². The van der Waals surface area contributed by atoms with Crippen molar-refractivity contribution in [3.63, 3.8) is 0 Å². The van der Waals surface area contributed by atoms with Crippen molar-refractivity contribution in [1.82, 2.24) is 5.32 Å². The summed E-state index contributed by atoms with van der Waals surface area (Å²) in [7, 11) is 0. The molecule has 0 unspecified atom stereocenters. The summed E-state index contributed by atoms with van der Waals surface area (Å²) in [5, 5.41) is 2.48. The van der Waals surface area contributed by atoms with E-state index in [4.69, 9.17) is 0 Å². The molecule has 0 saturated carbocycles. The zero-order valence-corrected chi connectivity index (χ0v) is 4.23. The van der Waals surface area contributed by atoms with Gasteiger partial charge in [0.2, 0.25) is 0 Å². The lowest BCUT2D eigenvalue weighted by molar-refractivity contribution is 0.0967.